The van der Waals surface area contributed by atoms with Gasteiger partial charge in [-0.25, -0.2) is 4.39 Å². The van der Waals surface area contributed by atoms with Gasteiger partial charge in [-0.3, -0.25) is 15.1 Å². The summed E-state index contributed by atoms with van der Waals surface area (Å²) in [7, 11) is 1.41. The Bertz CT molecular complexity index is 1240. The fourth-order valence-corrected chi connectivity index (χ4v) is 3.56. The Hall–Kier alpha value is -3.83. The SMILES string of the molecule is CN=Cc1cc(C(O)(c2ccc([NH2+]c3ccc(F)cc3)c(C=N)c2)C(F)(F)F)cn1CC(N)=O. The number of rotatable bonds is 8. The molecule has 1 aromatic heterocycles. The molecular weight excluding hydrogens is 454 g/mol. The molecule has 0 radical (unpaired) electrons. The number of hydrogen-bond acceptors (Lipinski definition) is 4. The second kappa shape index (κ2) is 9.57. The van der Waals surface area contributed by atoms with Gasteiger partial charge in [0.2, 0.25) is 11.5 Å². The number of hydrogen-bond donors (Lipinski definition) is 4. The van der Waals surface area contributed by atoms with Crippen LogP contribution >= 0.6 is 0 Å². The fourth-order valence-electron chi connectivity index (χ4n) is 3.56. The van der Waals surface area contributed by atoms with Crippen LogP contribution in [0, 0.1) is 11.2 Å². The molecule has 0 saturated carbocycles. The summed E-state index contributed by atoms with van der Waals surface area (Å²) >= 11 is 0. The van der Waals surface area contributed by atoms with Gasteiger partial charge in [0.05, 0.1) is 11.3 Å². The fraction of sp³-hybridized carbons (Fsp3) is 0.174. The highest BCUT2D eigenvalue weighted by molar-refractivity contribution is 5.84. The molecule has 11 heteroatoms. The number of carbonyl (C=O) groups is 1. The van der Waals surface area contributed by atoms with E-state index in [0.29, 0.717) is 11.4 Å². The van der Waals surface area contributed by atoms with Gasteiger partial charge in [0.25, 0.3) is 0 Å². The molecule has 34 heavy (non-hydrogen) atoms. The molecule has 178 valence electrons. The number of alkyl halides is 3. The molecule has 3 rings (SSSR count). The number of quaternary nitrogens is 1. The Morgan fingerprint density at radius 2 is 1.85 bits per heavy atom. The van der Waals surface area contributed by atoms with E-state index in [1.807, 2.05) is 0 Å². The summed E-state index contributed by atoms with van der Waals surface area (Å²) in [5.74, 6) is -1.22. The van der Waals surface area contributed by atoms with Gasteiger partial charge >= 0.3 is 6.18 Å². The van der Waals surface area contributed by atoms with E-state index in [9.17, 15) is 27.5 Å². The van der Waals surface area contributed by atoms with E-state index in [4.69, 9.17) is 11.1 Å². The van der Waals surface area contributed by atoms with E-state index in [2.05, 4.69) is 4.99 Å². The van der Waals surface area contributed by atoms with Crippen LogP contribution in [0.1, 0.15) is 22.4 Å². The maximum absolute atomic E-state index is 14.3. The van der Waals surface area contributed by atoms with Gasteiger partial charge in [0.1, 0.15) is 23.7 Å². The zero-order chi connectivity index (χ0) is 25.1. The van der Waals surface area contributed by atoms with Gasteiger partial charge in [0.15, 0.2) is 0 Å². The summed E-state index contributed by atoms with van der Waals surface area (Å²) in [5.41, 5.74) is 1.92. The number of aromatic nitrogens is 1. The van der Waals surface area contributed by atoms with Crippen molar-refractivity contribution in [1.82, 2.24) is 4.57 Å². The molecule has 1 heterocycles. The van der Waals surface area contributed by atoms with E-state index in [0.717, 1.165) is 35.2 Å². The lowest BCUT2D eigenvalue weighted by atomic mass is 9.86. The van der Waals surface area contributed by atoms with Crippen LogP contribution in [0.15, 0.2) is 59.7 Å². The molecule has 0 bridgehead atoms. The molecule has 3 aromatic rings. The number of halogens is 4. The van der Waals surface area contributed by atoms with E-state index in [-0.39, 0.29) is 11.3 Å². The van der Waals surface area contributed by atoms with E-state index in [1.54, 1.807) is 5.32 Å². The molecule has 0 aliphatic rings. The third-order valence-electron chi connectivity index (χ3n) is 5.20. The molecule has 6 N–H and O–H groups in total. The molecule has 0 spiro atoms. The lowest BCUT2D eigenvalue weighted by Gasteiger charge is -2.30. The average Bonchev–Trinajstić information content (AvgIpc) is 3.16. The van der Waals surface area contributed by atoms with Crippen molar-refractivity contribution in [3.63, 3.8) is 0 Å². The van der Waals surface area contributed by atoms with Crippen molar-refractivity contribution in [3.05, 3.63) is 82.9 Å². The number of nitrogens with two attached hydrogens (primary N) is 2. The Kier molecular flexibility index (Phi) is 6.99. The molecule has 7 nitrogen and oxygen atoms in total. The number of aliphatic imine (C=N–C) groups is 1. The third-order valence-corrected chi connectivity index (χ3v) is 5.20. The van der Waals surface area contributed by atoms with E-state index < -0.39 is 41.2 Å². The van der Waals surface area contributed by atoms with Crippen LogP contribution in [0.2, 0.25) is 0 Å². The third kappa shape index (κ3) is 4.90. The molecular formula is C23H22F4N5O2+. The van der Waals surface area contributed by atoms with Crippen molar-refractivity contribution < 1.29 is 32.8 Å². The van der Waals surface area contributed by atoms with Crippen molar-refractivity contribution >= 4 is 29.7 Å². The van der Waals surface area contributed by atoms with Crippen molar-refractivity contribution in [2.24, 2.45) is 10.7 Å². The number of aliphatic hydroxyl groups is 1. The van der Waals surface area contributed by atoms with E-state index in [1.165, 1.54) is 43.6 Å². The Morgan fingerprint density at radius 3 is 2.41 bits per heavy atom. The standard InChI is InChI=1S/C23H21F4N5O2/c1-30-11-19-9-16(12-32(19)13-21(29)33)22(34,23(25,26)27)15-2-7-20(14(8-15)10-28)31-18-5-3-17(24)4-6-18/h2-12,28,31,34H,13H2,1H3,(H2,29,33)/p+1. The second-order valence-corrected chi connectivity index (χ2v) is 7.53. The van der Waals surface area contributed by atoms with Gasteiger partial charge in [-0.05, 0) is 35.9 Å². The van der Waals surface area contributed by atoms with Crippen molar-refractivity contribution in [3.8, 4) is 0 Å². The molecule has 1 amide bonds. The number of primary amides is 1. The monoisotopic (exact) mass is 476 g/mol. The van der Waals surface area contributed by atoms with E-state index >= 15 is 0 Å². The largest absolute Gasteiger partial charge is 0.425 e. The zero-order valence-corrected chi connectivity index (χ0v) is 18.0. The minimum atomic E-state index is -5.14. The quantitative estimate of drug-likeness (QED) is 0.227. The topological polar surface area (TPSA) is 121 Å². The minimum Gasteiger partial charge on any atom is -0.372 e. The van der Waals surface area contributed by atoms with Gasteiger partial charge in [-0.15, -0.1) is 0 Å². The molecule has 0 aliphatic carbocycles. The number of nitrogens with zero attached hydrogens (tertiary/aromatic N) is 2. The summed E-state index contributed by atoms with van der Waals surface area (Å²) in [6, 6.07) is 10.0. The number of nitrogens with one attached hydrogen (secondary N) is 1. The van der Waals surface area contributed by atoms with Crippen molar-refractivity contribution in [2.45, 2.75) is 18.3 Å². The molecule has 1 atom stereocenters. The summed E-state index contributed by atoms with van der Waals surface area (Å²) in [5, 5.41) is 20.3. The van der Waals surface area contributed by atoms with Gasteiger partial charge in [-0.1, -0.05) is 0 Å². The van der Waals surface area contributed by atoms with Crippen molar-refractivity contribution in [1.29, 1.82) is 5.41 Å². The molecule has 1 unspecified atom stereocenters. The molecule has 0 aliphatic heterocycles. The van der Waals surface area contributed by atoms with Crippen LogP contribution in [0.4, 0.5) is 28.9 Å². The van der Waals surface area contributed by atoms with Crippen LogP contribution in [0.5, 0.6) is 0 Å². The predicted octanol–water partition coefficient (Wildman–Crippen LogP) is 2.48. The highest BCUT2D eigenvalue weighted by Gasteiger charge is 2.57. The van der Waals surface area contributed by atoms with Crippen LogP contribution in [0.3, 0.4) is 0 Å². The van der Waals surface area contributed by atoms with Crippen LogP contribution in [-0.2, 0) is 16.9 Å². The van der Waals surface area contributed by atoms with Gasteiger partial charge in [-0.2, -0.15) is 13.2 Å². The first kappa shape index (κ1) is 24.8. The average molecular weight is 476 g/mol. The summed E-state index contributed by atoms with van der Waals surface area (Å²) in [4.78, 5) is 15.1. The molecule has 0 fully saturated rings. The maximum Gasteiger partial charge on any atom is 0.425 e. The Balaban J connectivity index is 2.12. The highest BCUT2D eigenvalue weighted by Crippen LogP contribution is 2.45. The maximum atomic E-state index is 14.3. The summed E-state index contributed by atoms with van der Waals surface area (Å²) in [6.07, 6.45) is -2.04. The van der Waals surface area contributed by atoms with Gasteiger partial charge < -0.3 is 20.8 Å². The van der Waals surface area contributed by atoms with Crippen LogP contribution in [0.25, 0.3) is 0 Å². The zero-order valence-electron chi connectivity index (χ0n) is 18.0. The number of carbonyl (C=O) groups excluding carboxylic acids is 1. The lowest BCUT2D eigenvalue weighted by molar-refractivity contribution is -0.478. The number of amides is 1. The lowest BCUT2D eigenvalue weighted by Crippen LogP contribution is -2.71. The van der Waals surface area contributed by atoms with Crippen molar-refractivity contribution in [2.75, 3.05) is 7.05 Å². The highest BCUT2D eigenvalue weighted by atomic mass is 19.4. The van der Waals surface area contributed by atoms with Crippen LogP contribution in [-0.4, -0.2) is 41.2 Å². The molecule has 0 saturated heterocycles. The Morgan fingerprint density at radius 1 is 1.18 bits per heavy atom. The minimum absolute atomic E-state index is 0.108. The first-order valence-corrected chi connectivity index (χ1v) is 9.95. The first-order valence-electron chi connectivity index (χ1n) is 9.95. The normalized spacial score (nSPS) is 13.7. The summed E-state index contributed by atoms with van der Waals surface area (Å²) in [6.45, 7) is -0.410. The summed E-state index contributed by atoms with van der Waals surface area (Å²) < 4.78 is 57.2. The Labute approximate surface area is 192 Å². The molecule has 2 aromatic carbocycles. The first-order chi connectivity index (χ1) is 16.0. The second-order valence-electron chi connectivity index (χ2n) is 7.53. The number of benzene rings is 2. The smallest absolute Gasteiger partial charge is 0.372 e. The predicted molar refractivity (Wildman–Crippen MR) is 118 cm³/mol. The van der Waals surface area contributed by atoms with Crippen LogP contribution < -0.4 is 11.1 Å². The van der Waals surface area contributed by atoms with Gasteiger partial charge in [0, 0.05) is 49.4 Å².